The van der Waals surface area contributed by atoms with Gasteiger partial charge < -0.3 is 10.6 Å². The van der Waals surface area contributed by atoms with Gasteiger partial charge in [-0.3, -0.25) is 4.79 Å². The smallest absolute Gasteiger partial charge is 0.239 e. The van der Waals surface area contributed by atoms with Crippen molar-refractivity contribution in [2.24, 2.45) is 0 Å². The van der Waals surface area contributed by atoms with Gasteiger partial charge in [0.2, 0.25) is 5.91 Å². The first-order valence-electron chi connectivity index (χ1n) is 6.01. The molecule has 1 rings (SSSR count). The van der Waals surface area contributed by atoms with Gasteiger partial charge in [-0.15, -0.1) is 0 Å². The molecule has 18 heavy (non-hydrogen) atoms. The Morgan fingerprint density at radius 3 is 2.83 bits per heavy atom. The largest absolute Gasteiger partial charge is 0.376 e. The van der Waals surface area contributed by atoms with Crippen LogP contribution in [0.15, 0.2) is 22.7 Å². The molecule has 1 unspecified atom stereocenters. The van der Waals surface area contributed by atoms with Crippen molar-refractivity contribution >= 4 is 27.5 Å². The SMILES string of the molecule is CCCC(C)NC(=O)CNc1ccc(F)c(Br)c1. The molecule has 2 N–H and O–H groups in total. The molecule has 0 aliphatic carbocycles. The molecule has 1 atom stereocenters. The number of hydrogen-bond acceptors (Lipinski definition) is 2. The van der Waals surface area contributed by atoms with E-state index in [4.69, 9.17) is 0 Å². The number of halogens is 2. The van der Waals surface area contributed by atoms with Crippen LogP contribution >= 0.6 is 15.9 Å². The van der Waals surface area contributed by atoms with Crippen molar-refractivity contribution in [2.75, 3.05) is 11.9 Å². The van der Waals surface area contributed by atoms with E-state index in [1.54, 1.807) is 12.1 Å². The van der Waals surface area contributed by atoms with E-state index in [1.165, 1.54) is 6.07 Å². The Bertz CT molecular complexity index is 412. The third-order valence-corrected chi connectivity index (χ3v) is 3.11. The van der Waals surface area contributed by atoms with Crippen LogP contribution in [0.4, 0.5) is 10.1 Å². The van der Waals surface area contributed by atoms with Crippen LogP contribution in [0.2, 0.25) is 0 Å². The van der Waals surface area contributed by atoms with Crippen molar-refractivity contribution in [1.82, 2.24) is 5.32 Å². The standard InChI is InChI=1S/C13H18BrFN2O/c1-3-4-9(2)17-13(18)8-16-10-5-6-12(15)11(14)7-10/h5-7,9,16H,3-4,8H2,1-2H3,(H,17,18). The predicted octanol–water partition coefficient (Wildman–Crippen LogP) is 3.30. The van der Waals surface area contributed by atoms with Crippen LogP contribution in [-0.4, -0.2) is 18.5 Å². The molecule has 100 valence electrons. The Morgan fingerprint density at radius 2 is 2.22 bits per heavy atom. The van der Waals surface area contributed by atoms with Crippen LogP contribution in [0.5, 0.6) is 0 Å². The first-order chi connectivity index (χ1) is 8.52. The minimum absolute atomic E-state index is 0.0589. The average Bonchev–Trinajstić information content (AvgIpc) is 2.31. The van der Waals surface area contributed by atoms with Crippen molar-refractivity contribution in [3.63, 3.8) is 0 Å². The minimum atomic E-state index is -0.318. The quantitative estimate of drug-likeness (QED) is 0.845. The van der Waals surface area contributed by atoms with Gasteiger partial charge in [0.15, 0.2) is 0 Å². The first-order valence-corrected chi connectivity index (χ1v) is 6.80. The fourth-order valence-corrected chi connectivity index (χ4v) is 2.00. The number of hydrogen-bond donors (Lipinski definition) is 2. The van der Waals surface area contributed by atoms with Gasteiger partial charge in [0.05, 0.1) is 11.0 Å². The molecule has 0 aliphatic rings. The molecular formula is C13H18BrFN2O. The van der Waals surface area contributed by atoms with Crippen molar-refractivity contribution in [1.29, 1.82) is 0 Å². The zero-order chi connectivity index (χ0) is 13.5. The predicted molar refractivity (Wildman–Crippen MR) is 75.1 cm³/mol. The molecule has 5 heteroatoms. The van der Waals surface area contributed by atoms with E-state index < -0.39 is 0 Å². The Hall–Kier alpha value is -1.10. The highest BCUT2D eigenvalue weighted by Crippen LogP contribution is 2.19. The highest BCUT2D eigenvalue weighted by molar-refractivity contribution is 9.10. The molecule has 0 heterocycles. The van der Waals surface area contributed by atoms with Gasteiger partial charge in [0, 0.05) is 11.7 Å². The zero-order valence-electron chi connectivity index (χ0n) is 10.6. The second-order valence-corrected chi connectivity index (χ2v) is 5.09. The number of amides is 1. The number of benzene rings is 1. The van der Waals surface area contributed by atoms with Gasteiger partial charge in [0.25, 0.3) is 0 Å². The lowest BCUT2D eigenvalue weighted by Gasteiger charge is -2.13. The van der Waals surface area contributed by atoms with Crippen LogP contribution in [0.3, 0.4) is 0 Å². The van der Waals surface area contributed by atoms with Gasteiger partial charge in [-0.1, -0.05) is 13.3 Å². The third kappa shape index (κ3) is 5.04. The van der Waals surface area contributed by atoms with Crippen LogP contribution in [0, 0.1) is 5.82 Å². The maximum absolute atomic E-state index is 13.0. The lowest BCUT2D eigenvalue weighted by molar-refractivity contribution is -0.120. The third-order valence-electron chi connectivity index (χ3n) is 2.50. The zero-order valence-corrected chi connectivity index (χ0v) is 12.2. The molecule has 1 amide bonds. The summed E-state index contributed by atoms with van der Waals surface area (Å²) in [6.45, 7) is 4.25. The van der Waals surface area contributed by atoms with E-state index in [9.17, 15) is 9.18 Å². The number of nitrogens with one attached hydrogen (secondary N) is 2. The summed E-state index contributed by atoms with van der Waals surface area (Å²) in [5.41, 5.74) is 0.710. The van der Waals surface area contributed by atoms with E-state index in [2.05, 4.69) is 33.5 Å². The van der Waals surface area contributed by atoms with Gasteiger partial charge in [0.1, 0.15) is 5.82 Å². The molecule has 3 nitrogen and oxygen atoms in total. The van der Waals surface area contributed by atoms with Crippen molar-refractivity contribution in [3.05, 3.63) is 28.5 Å². The maximum atomic E-state index is 13.0. The summed E-state index contributed by atoms with van der Waals surface area (Å²) in [6.07, 6.45) is 2.01. The molecule has 0 spiro atoms. The molecule has 0 bridgehead atoms. The van der Waals surface area contributed by atoms with E-state index in [0.717, 1.165) is 12.8 Å². The summed E-state index contributed by atoms with van der Waals surface area (Å²) in [5.74, 6) is -0.377. The summed E-state index contributed by atoms with van der Waals surface area (Å²) in [4.78, 5) is 11.6. The monoisotopic (exact) mass is 316 g/mol. The summed E-state index contributed by atoms with van der Waals surface area (Å²) in [7, 11) is 0. The molecule has 0 saturated heterocycles. The Morgan fingerprint density at radius 1 is 1.50 bits per heavy atom. The fourth-order valence-electron chi connectivity index (χ4n) is 1.62. The second-order valence-electron chi connectivity index (χ2n) is 4.24. The molecule has 0 aliphatic heterocycles. The van der Waals surface area contributed by atoms with E-state index in [-0.39, 0.29) is 24.3 Å². The summed E-state index contributed by atoms with van der Waals surface area (Å²) in [5, 5.41) is 5.84. The topological polar surface area (TPSA) is 41.1 Å². The molecule has 1 aromatic rings. The van der Waals surface area contributed by atoms with Crippen molar-refractivity contribution < 1.29 is 9.18 Å². The van der Waals surface area contributed by atoms with E-state index in [0.29, 0.717) is 10.2 Å². The van der Waals surface area contributed by atoms with Gasteiger partial charge >= 0.3 is 0 Å². The lowest BCUT2D eigenvalue weighted by atomic mass is 10.2. The van der Waals surface area contributed by atoms with E-state index >= 15 is 0 Å². The van der Waals surface area contributed by atoms with Crippen LogP contribution in [0.25, 0.3) is 0 Å². The Labute approximate surface area is 115 Å². The minimum Gasteiger partial charge on any atom is -0.376 e. The highest BCUT2D eigenvalue weighted by Gasteiger charge is 2.06. The molecule has 0 radical (unpaired) electrons. The van der Waals surface area contributed by atoms with Crippen molar-refractivity contribution in [2.45, 2.75) is 32.7 Å². The van der Waals surface area contributed by atoms with Crippen LogP contribution < -0.4 is 10.6 Å². The molecule has 1 aromatic carbocycles. The van der Waals surface area contributed by atoms with Gasteiger partial charge in [-0.25, -0.2) is 4.39 Å². The molecule has 0 saturated carbocycles. The summed E-state index contributed by atoms with van der Waals surface area (Å²) < 4.78 is 13.4. The Balaban J connectivity index is 2.40. The molecule has 0 aromatic heterocycles. The highest BCUT2D eigenvalue weighted by atomic mass is 79.9. The Kier molecular flexibility index (Phi) is 6.12. The van der Waals surface area contributed by atoms with Crippen molar-refractivity contribution in [3.8, 4) is 0 Å². The number of rotatable bonds is 6. The fraction of sp³-hybridized carbons (Fsp3) is 0.462. The number of anilines is 1. The second kappa shape index (κ2) is 7.36. The average molecular weight is 317 g/mol. The van der Waals surface area contributed by atoms with Crippen LogP contribution in [0.1, 0.15) is 26.7 Å². The summed E-state index contributed by atoms with van der Waals surface area (Å²) >= 11 is 3.10. The summed E-state index contributed by atoms with van der Waals surface area (Å²) in [6, 6.07) is 4.74. The maximum Gasteiger partial charge on any atom is 0.239 e. The van der Waals surface area contributed by atoms with Gasteiger partial charge in [-0.05, 0) is 47.5 Å². The number of carbonyl (C=O) groups excluding carboxylic acids is 1. The lowest BCUT2D eigenvalue weighted by Crippen LogP contribution is -2.36. The van der Waals surface area contributed by atoms with Gasteiger partial charge in [-0.2, -0.15) is 0 Å². The number of carbonyl (C=O) groups is 1. The molecular weight excluding hydrogens is 299 g/mol. The normalized spacial score (nSPS) is 12.0. The van der Waals surface area contributed by atoms with E-state index in [1.807, 2.05) is 6.92 Å². The van der Waals surface area contributed by atoms with Crippen LogP contribution in [-0.2, 0) is 4.79 Å². The molecule has 0 fully saturated rings. The first kappa shape index (κ1) is 15.0.